The van der Waals surface area contributed by atoms with E-state index in [-0.39, 0.29) is 11.8 Å². The molecule has 2 fully saturated rings. The summed E-state index contributed by atoms with van der Waals surface area (Å²) >= 11 is 0. The van der Waals surface area contributed by atoms with E-state index in [1.807, 2.05) is 11.0 Å². The number of amides is 1. The molecule has 4 rings (SSSR count). The second-order valence-corrected chi connectivity index (χ2v) is 9.41. The first-order valence-corrected chi connectivity index (χ1v) is 11.0. The van der Waals surface area contributed by atoms with Crippen LogP contribution in [0.15, 0.2) is 23.1 Å². The van der Waals surface area contributed by atoms with Gasteiger partial charge in [-0.15, -0.1) is 0 Å². The van der Waals surface area contributed by atoms with Crippen molar-refractivity contribution in [3.8, 4) is 0 Å². The first kappa shape index (κ1) is 17.0. The van der Waals surface area contributed by atoms with Crippen LogP contribution in [0.5, 0.6) is 0 Å². The number of carbonyl (C=O) groups excluding carboxylic acids is 1. The van der Waals surface area contributed by atoms with Crippen LogP contribution in [-0.4, -0.2) is 38.3 Å². The summed E-state index contributed by atoms with van der Waals surface area (Å²) in [6.45, 7) is 1.91. The fourth-order valence-electron chi connectivity index (χ4n) is 4.07. The lowest BCUT2D eigenvalue weighted by Gasteiger charge is -2.29. The molecule has 0 spiro atoms. The van der Waals surface area contributed by atoms with Gasteiger partial charge in [-0.05, 0) is 55.9 Å². The van der Waals surface area contributed by atoms with Crippen molar-refractivity contribution in [2.45, 2.75) is 56.3 Å². The number of benzene rings is 1. The lowest BCUT2D eigenvalue weighted by Crippen LogP contribution is -2.37. The molecular formula is C19H26N2O3S. The third-order valence-corrected chi connectivity index (χ3v) is 7.76. The summed E-state index contributed by atoms with van der Waals surface area (Å²) in [5, 5.41) is 0. The van der Waals surface area contributed by atoms with E-state index >= 15 is 0 Å². The summed E-state index contributed by atoms with van der Waals surface area (Å²) in [7, 11) is -3.42. The van der Waals surface area contributed by atoms with Gasteiger partial charge >= 0.3 is 0 Å². The first-order valence-electron chi connectivity index (χ1n) is 9.52. The Morgan fingerprint density at radius 2 is 1.68 bits per heavy atom. The van der Waals surface area contributed by atoms with E-state index in [0.717, 1.165) is 62.6 Å². The molecule has 2 aliphatic heterocycles. The van der Waals surface area contributed by atoms with Crippen molar-refractivity contribution < 1.29 is 13.2 Å². The first-order chi connectivity index (χ1) is 12.1. The van der Waals surface area contributed by atoms with E-state index in [2.05, 4.69) is 0 Å². The Bertz CT molecular complexity index is 763. The summed E-state index contributed by atoms with van der Waals surface area (Å²) in [6, 6.07) is 5.32. The van der Waals surface area contributed by atoms with Gasteiger partial charge in [0.25, 0.3) is 0 Å². The van der Waals surface area contributed by atoms with Crippen LogP contribution in [0.4, 0.5) is 5.69 Å². The van der Waals surface area contributed by atoms with Crippen molar-refractivity contribution in [3.63, 3.8) is 0 Å². The molecule has 1 amide bonds. The maximum Gasteiger partial charge on any atom is 0.243 e. The van der Waals surface area contributed by atoms with Crippen LogP contribution >= 0.6 is 0 Å². The highest BCUT2D eigenvalue weighted by molar-refractivity contribution is 7.89. The zero-order chi connectivity index (χ0) is 17.4. The molecule has 0 N–H and O–H groups in total. The van der Waals surface area contributed by atoms with E-state index in [1.165, 1.54) is 0 Å². The lowest BCUT2D eigenvalue weighted by atomic mass is 9.84. The third kappa shape index (κ3) is 3.10. The predicted molar refractivity (Wildman–Crippen MR) is 97.1 cm³/mol. The molecule has 6 heteroatoms. The third-order valence-electron chi connectivity index (χ3n) is 5.87. The Morgan fingerprint density at radius 3 is 2.32 bits per heavy atom. The summed E-state index contributed by atoms with van der Waals surface area (Å²) in [6.07, 6.45) is 7.96. The highest BCUT2D eigenvalue weighted by atomic mass is 32.2. The summed E-state index contributed by atoms with van der Waals surface area (Å²) in [4.78, 5) is 14.8. The van der Waals surface area contributed by atoms with E-state index < -0.39 is 10.0 Å². The van der Waals surface area contributed by atoms with Crippen molar-refractivity contribution in [1.82, 2.24) is 4.31 Å². The highest BCUT2D eigenvalue weighted by Crippen LogP contribution is 2.36. The predicted octanol–water partition coefficient (Wildman–Crippen LogP) is 2.94. The zero-order valence-electron chi connectivity index (χ0n) is 14.6. The van der Waals surface area contributed by atoms with E-state index in [1.54, 1.807) is 16.4 Å². The van der Waals surface area contributed by atoms with Crippen LogP contribution in [0.2, 0.25) is 0 Å². The number of hydrogen-bond donors (Lipinski definition) is 0. The normalized spacial score (nSPS) is 22.3. The molecule has 25 heavy (non-hydrogen) atoms. The van der Waals surface area contributed by atoms with Crippen molar-refractivity contribution >= 4 is 21.6 Å². The van der Waals surface area contributed by atoms with E-state index in [9.17, 15) is 13.2 Å². The largest absolute Gasteiger partial charge is 0.312 e. The molecule has 0 bridgehead atoms. The van der Waals surface area contributed by atoms with Crippen molar-refractivity contribution in [3.05, 3.63) is 23.8 Å². The number of hydrogen-bond acceptors (Lipinski definition) is 3. The Morgan fingerprint density at radius 1 is 0.960 bits per heavy atom. The second kappa shape index (κ2) is 6.72. The molecule has 1 aromatic rings. The maximum atomic E-state index is 13.0. The van der Waals surface area contributed by atoms with Crippen LogP contribution in [0.25, 0.3) is 0 Å². The minimum Gasteiger partial charge on any atom is -0.312 e. The lowest BCUT2D eigenvalue weighted by molar-refractivity contribution is -0.124. The van der Waals surface area contributed by atoms with Crippen LogP contribution < -0.4 is 4.90 Å². The van der Waals surface area contributed by atoms with Gasteiger partial charge in [-0.2, -0.15) is 4.31 Å². The van der Waals surface area contributed by atoms with Gasteiger partial charge < -0.3 is 4.90 Å². The van der Waals surface area contributed by atoms with E-state index in [4.69, 9.17) is 0 Å². The van der Waals surface area contributed by atoms with Gasteiger partial charge in [0.1, 0.15) is 0 Å². The van der Waals surface area contributed by atoms with Crippen LogP contribution in [0, 0.1) is 5.92 Å². The van der Waals surface area contributed by atoms with Gasteiger partial charge in [-0.1, -0.05) is 19.3 Å². The molecule has 3 aliphatic rings. The molecule has 0 aromatic heterocycles. The Balaban J connectivity index is 1.58. The van der Waals surface area contributed by atoms with Crippen molar-refractivity contribution in [1.29, 1.82) is 0 Å². The maximum absolute atomic E-state index is 13.0. The van der Waals surface area contributed by atoms with E-state index in [0.29, 0.717) is 24.5 Å². The molecule has 136 valence electrons. The number of sulfonamides is 1. The fourth-order valence-corrected chi connectivity index (χ4v) is 5.64. The minimum absolute atomic E-state index is 0.173. The van der Waals surface area contributed by atoms with Crippen LogP contribution in [-0.2, 0) is 21.2 Å². The van der Waals surface area contributed by atoms with Gasteiger partial charge in [0.2, 0.25) is 15.9 Å². The molecule has 1 aromatic carbocycles. The molecule has 1 aliphatic carbocycles. The molecule has 1 saturated heterocycles. The number of anilines is 1. The van der Waals surface area contributed by atoms with Gasteiger partial charge in [-0.3, -0.25) is 4.79 Å². The average molecular weight is 362 g/mol. The Labute approximate surface area is 150 Å². The second-order valence-electron chi connectivity index (χ2n) is 7.48. The minimum atomic E-state index is -3.42. The van der Waals surface area contributed by atoms with Gasteiger partial charge in [0, 0.05) is 31.2 Å². The Kier molecular flexibility index (Phi) is 4.58. The number of carbonyl (C=O) groups is 1. The highest BCUT2D eigenvalue weighted by Gasteiger charge is 2.34. The summed E-state index contributed by atoms with van der Waals surface area (Å²) in [5.41, 5.74) is 1.90. The van der Waals surface area contributed by atoms with Crippen molar-refractivity contribution in [2.75, 3.05) is 24.5 Å². The topological polar surface area (TPSA) is 57.7 Å². The van der Waals surface area contributed by atoms with Crippen LogP contribution in [0.3, 0.4) is 0 Å². The zero-order valence-corrected chi connectivity index (χ0v) is 15.4. The summed E-state index contributed by atoms with van der Waals surface area (Å²) < 4.78 is 27.6. The molecule has 0 atom stereocenters. The molecule has 0 unspecified atom stereocenters. The van der Waals surface area contributed by atoms with Gasteiger partial charge in [-0.25, -0.2) is 8.42 Å². The Hall–Kier alpha value is -1.40. The molecule has 1 saturated carbocycles. The summed E-state index contributed by atoms with van der Waals surface area (Å²) in [5.74, 6) is 0.389. The monoisotopic (exact) mass is 362 g/mol. The SMILES string of the molecule is O=C(C1CCC1)N1CCc2cc(S(=O)(=O)N3CCCCCC3)ccc21. The fraction of sp³-hybridized carbons (Fsp3) is 0.632. The van der Waals surface area contributed by atoms with Crippen molar-refractivity contribution in [2.24, 2.45) is 5.92 Å². The molecule has 0 radical (unpaired) electrons. The average Bonchev–Trinajstić information content (AvgIpc) is 2.77. The molecular weight excluding hydrogens is 336 g/mol. The number of nitrogens with zero attached hydrogens (tertiary/aromatic N) is 2. The molecule has 5 nitrogen and oxygen atoms in total. The standard InChI is InChI=1S/C19H26N2O3S/c22-19(15-6-5-7-15)21-13-10-16-14-17(8-9-18(16)21)25(23,24)20-11-3-1-2-4-12-20/h8-9,14-15H,1-7,10-13H2. The smallest absolute Gasteiger partial charge is 0.243 e. The number of fused-ring (bicyclic) bond motifs is 1. The van der Waals surface area contributed by atoms with Gasteiger partial charge in [0.05, 0.1) is 4.90 Å². The molecule has 2 heterocycles. The van der Waals surface area contributed by atoms with Gasteiger partial charge in [0.15, 0.2) is 0 Å². The number of rotatable bonds is 3. The van der Waals surface area contributed by atoms with Crippen LogP contribution in [0.1, 0.15) is 50.5 Å². The quantitative estimate of drug-likeness (QED) is 0.831.